The number of phosphoric ester groups is 1. The van der Waals surface area contributed by atoms with Gasteiger partial charge in [0.15, 0.2) is 28.9 Å². The van der Waals surface area contributed by atoms with Crippen LogP contribution in [-0.4, -0.2) is 85.3 Å². The molecule has 2 saturated heterocycles. The smallest absolute Gasteiger partial charge is 0.382 e. The average molecular weight is 598 g/mol. The maximum absolute atomic E-state index is 16.2. The first-order chi connectivity index (χ1) is 19.0. The van der Waals surface area contributed by atoms with Gasteiger partial charge in [-0.05, 0) is 6.42 Å². The maximum atomic E-state index is 16.2. The van der Waals surface area contributed by atoms with Crippen molar-refractivity contribution in [3.8, 4) is 0 Å². The van der Waals surface area contributed by atoms with Crippen LogP contribution in [0.1, 0.15) is 25.8 Å². The van der Waals surface area contributed by atoms with Gasteiger partial charge in [0.05, 0.1) is 25.4 Å². The highest BCUT2D eigenvalue weighted by Crippen LogP contribution is 2.52. The predicted molar refractivity (Wildman–Crippen MR) is 139 cm³/mol. The van der Waals surface area contributed by atoms with E-state index in [1.807, 2.05) is 0 Å². The molecule has 6 rings (SSSR count). The summed E-state index contributed by atoms with van der Waals surface area (Å²) in [5, 5.41) is 11.2. The Hall–Kier alpha value is -3.11. The lowest BCUT2D eigenvalue weighted by Gasteiger charge is -2.32. The molecular formula is C20H25FN10O7P2. The zero-order valence-corrected chi connectivity index (χ0v) is 22.6. The van der Waals surface area contributed by atoms with E-state index in [9.17, 15) is 19.4 Å². The van der Waals surface area contributed by atoms with Crippen LogP contribution in [0.5, 0.6) is 0 Å². The lowest BCUT2D eigenvalue weighted by Crippen LogP contribution is -2.39. The second kappa shape index (κ2) is 10.1. The van der Waals surface area contributed by atoms with Crippen molar-refractivity contribution in [2.24, 2.45) is 0 Å². The van der Waals surface area contributed by atoms with Gasteiger partial charge in [-0.2, -0.15) is 4.98 Å². The van der Waals surface area contributed by atoms with E-state index < -0.39 is 49.9 Å². The summed E-state index contributed by atoms with van der Waals surface area (Å²) in [5.41, 5.74) is 10.3. The van der Waals surface area contributed by atoms with E-state index in [1.54, 1.807) is 11.5 Å². The minimum Gasteiger partial charge on any atom is -0.382 e. The number of fused-ring (bicyclic) bond motifs is 4. The van der Waals surface area contributed by atoms with Crippen molar-refractivity contribution in [1.82, 2.24) is 39.0 Å². The van der Waals surface area contributed by atoms with Gasteiger partial charge >= 0.3 is 7.82 Å². The molecule has 40 heavy (non-hydrogen) atoms. The normalized spacial score (nSPS) is 32.9. The molecule has 0 aromatic carbocycles. The molecule has 2 aliphatic rings. The summed E-state index contributed by atoms with van der Waals surface area (Å²) in [7, 11) is -5.02. The third kappa shape index (κ3) is 4.75. The number of nitrogen functional groups attached to an aromatic ring is 2. The number of halogens is 1. The number of nitrogens with two attached hydrogens (primary N) is 2. The van der Waals surface area contributed by atoms with Gasteiger partial charge in [0.2, 0.25) is 5.95 Å². The molecule has 0 radical (unpaired) electrons. The van der Waals surface area contributed by atoms with E-state index in [-0.39, 0.29) is 43.8 Å². The number of aromatic amines is 1. The number of aromatic nitrogens is 8. The first-order valence-electron chi connectivity index (χ1n) is 12.1. The van der Waals surface area contributed by atoms with Crippen LogP contribution in [0.15, 0.2) is 23.8 Å². The third-order valence-corrected chi connectivity index (χ3v) is 9.61. The molecule has 2 fully saturated rings. The zero-order chi connectivity index (χ0) is 28.3. The van der Waals surface area contributed by atoms with Crippen LogP contribution in [-0.2, 0) is 18.3 Å². The Balaban J connectivity index is 1.34. The van der Waals surface area contributed by atoms with Crippen LogP contribution in [0, 0.1) is 0 Å². The molecule has 2 aliphatic heterocycles. The fraction of sp³-hybridized carbons (Fsp3) is 0.500. The van der Waals surface area contributed by atoms with Gasteiger partial charge in [0.25, 0.3) is 5.56 Å². The molecule has 2 bridgehead atoms. The lowest BCUT2D eigenvalue weighted by atomic mass is 10.1. The van der Waals surface area contributed by atoms with E-state index in [4.69, 9.17) is 25.3 Å². The molecule has 0 amide bonds. The largest absolute Gasteiger partial charge is 0.472 e. The summed E-state index contributed by atoms with van der Waals surface area (Å²) in [4.78, 5) is 45.3. The number of aliphatic hydroxyl groups excluding tert-OH is 1. The van der Waals surface area contributed by atoms with Gasteiger partial charge in [-0.3, -0.25) is 28.0 Å². The van der Waals surface area contributed by atoms with E-state index in [2.05, 4.69) is 29.9 Å². The summed E-state index contributed by atoms with van der Waals surface area (Å²) in [6.07, 6.45) is -2.88. The van der Waals surface area contributed by atoms with Gasteiger partial charge in [0, 0.05) is 11.3 Å². The monoisotopic (exact) mass is 598 g/mol. The van der Waals surface area contributed by atoms with Crippen LogP contribution in [0.4, 0.5) is 16.2 Å². The summed E-state index contributed by atoms with van der Waals surface area (Å²) >= 11 is 0. The quantitative estimate of drug-likeness (QED) is 0.198. The highest BCUT2D eigenvalue weighted by atomic mass is 31.2. The molecule has 9 atom stereocenters. The van der Waals surface area contributed by atoms with Gasteiger partial charge in [-0.1, -0.05) is 6.92 Å². The number of hydrogen-bond acceptors (Lipinski definition) is 13. The van der Waals surface area contributed by atoms with Crippen molar-refractivity contribution in [2.75, 3.05) is 18.1 Å². The minimum absolute atomic E-state index is 0.100. The number of rotatable bonds is 3. The van der Waals surface area contributed by atoms with Gasteiger partial charge in [-0.25, -0.2) is 28.9 Å². The van der Waals surface area contributed by atoms with Crippen LogP contribution < -0.4 is 17.0 Å². The van der Waals surface area contributed by atoms with E-state index in [0.717, 1.165) is 10.9 Å². The van der Waals surface area contributed by atoms with Crippen LogP contribution in [0.3, 0.4) is 0 Å². The Labute approximate surface area is 225 Å². The number of nitrogens with one attached hydrogen (secondary N) is 1. The number of H-pyrrole nitrogens is 1. The summed E-state index contributed by atoms with van der Waals surface area (Å²) in [6, 6.07) is 0. The topological polar surface area (TPSA) is 244 Å². The van der Waals surface area contributed by atoms with E-state index in [0.29, 0.717) is 17.6 Å². The van der Waals surface area contributed by atoms with Crippen molar-refractivity contribution in [2.45, 2.75) is 55.5 Å². The molecule has 0 spiro atoms. The fourth-order valence-corrected chi connectivity index (χ4v) is 7.77. The zero-order valence-electron chi connectivity index (χ0n) is 20.7. The van der Waals surface area contributed by atoms with Crippen LogP contribution >= 0.6 is 16.4 Å². The molecule has 6 heterocycles. The molecule has 0 aliphatic carbocycles. The number of ether oxygens (including phenoxy) is 1. The Morgan fingerprint density at radius 1 is 1.23 bits per heavy atom. The molecule has 4 aromatic rings. The number of anilines is 2. The summed E-state index contributed by atoms with van der Waals surface area (Å²) in [6.45, 7) is 1.25. The lowest BCUT2D eigenvalue weighted by molar-refractivity contribution is -0.0718. The van der Waals surface area contributed by atoms with Crippen molar-refractivity contribution in [3.05, 3.63) is 29.3 Å². The molecule has 7 N–H and O–H groups in total. The number of alkyl halides is 1. The second-order valence-electron chi connectivity index (χ2n) is 9.50. The Kier molecular flexibility index (Phi) is 6.81. The molecule has 214 valence electrons. The van der Waals surface area contributed by atoms with Gasteiger partial charge in [-0.15, -0.1) is 8.58 Å². The molecular weight excluding hydrogens is 573 g/mol. The van der Waals surface area contributed by atoms with Crippen molar-refractivity contribution >= 4 is 50.5 Å². The SMILES string of the molecule is CC1PC2C[C@@H](COP(=O)(O)O[C@@H]([C@@H](O)n3cnc4c(=O)[nH]c(N)nc43)[C@@H]1F)O[C@H]2n1cnc2c(N)ncnc21. The molecule has 4 unspecified atom stereocenters. The van der Waals surface area contributed by atoms with Crippen molar-refractivity contribution in [1.29, 1.82) is 0 Å². The first-order valence-corrected chi connectivity index (χ1v) is 14.7. The fourth-order valence-electron chi connectivity index (χ4n) is 4.97. The second-order valence-corrected chi connectivity index (χ2v) is 12.9. The standard InChI is InChI=1S/C20H25FN10O7P2/c1-7-10(21)13(18(33)30-5-27-12-16(30)28-20(23)29-17(12)32)38-40(34,35)36-3-8-2-9(39-7)19(37-8)31-6-26-11-14(22)24-4-25-15(11)31/h4-10,13,18-19,33,39H,2-3H2,1H3,(H,34,35)(H2,22,24,25)(H3,23,28,29,32)/t7?,8-,9?,10+,13+,18+,19+/m0/s1. The van der Waals surface area contributed by atoms with Crippen LogP contribution in [0.25, 0.3) is 22.3 Å². The molecule has 0 saturated carbocycles. The highest BCUT2D eigenvalue weighted by molar-refractivity contribution is 7.47. The van der Waals surface area contributed by atoms with E-state index in [1.165, 1.54) is 12.7 Å². The van der Waals surface area contributed by atoms with Gasteiger partial charge < -0.3 is 26.2 Å². The Bertz CT molecular complexity index is 1680. The summed E-state index contributed by atoms with van der Waals surface area (Å²) < 4.78 is 48.2. The first kappa shape index (κ1) is 27.1. The van der Waals surface area contributed by atoms with Crippen molar-refractivity contribution < 1.29 is 32.7 Å². The minimum atomic E-state index is -4.92. The Morgan fingerprint density at radius 2 is 2.00 bits per heavy atom. The number of aliphatic hydroxyl groups is 1. The number of phosphoric acid groups is 1. The van der Waals surface area contributed by atoms with Crippen molar-refractivity contribution in [3.63, 3.8) is 0 Å². The van der Waals surface area contributed by atoms with Gasteiger partial charge in [0.1, 0.15) is 30.3 Å². The number of imidazole rings is 2. The van der Waals surface area contributed by atoms with Crippen LogP contribution in [0.2, 0.25) is 0 Å². The average Bonchev–Trinajstić information content (AvgIpc) is 3.62. The third-order valence-electron chi connectivity index (χ3n) is 6.83. The summed E-state index contributed by atoms with van der Waals surface area (Å²) in [5.74, 6) is -0.0774. The number of nitrogens with zero attached hydrogens (tertiary/aromatic N) is 7. The highest BCUT2D eigenvalue weighted by Gasteiger charge is 2.46. The molecule has 20 heteroatoms. The predicted octanol–water partition coefficient (Wildman–Crippen LogP) is 0.192. The molecule has 4 aromatic heterocycles. The number of hydrogen-bond donors (Lipinski definition) is 5. The maximum Gasteiger partial charge on any atom is 0.472 e. The Morgan fingerprint density at radius 3 is 2.80 bits per heavy atom. The van der Waals surface area contributed by atoms with E-state index >= 15 is 4.39 Å². The molecule has 17 nitrogen and oxygen atoms in total.